The Hall–Kier alpha value is -2.82. The Bertz CT molecular complexity index is 983. The van der Waals surface area contributed by atoms with Gasteiger partial charge in [0, 0.05) is 35.4 Å². The van der Waals surface area contributed by atoms with Crippen LogP contribution < -0.4 is 0 Å². The van der Waals surface area contributed by atoms with Crippen molar-refractivity contribution in [3.8, 4) is 0 Å². The molecule has 5 heteroatoms. The highest BCUT2D eigenvalue weighted by Gasteiger charge is 2.18. The zero-order chi connectivity index (χ0) is 16.7. The zero-order valence-corrected chi connectivity index (χ0v) is 13.6. The molecule has 0 unspecified atom stereocenters. The van der Waals surface area contributed by atoms with Gasteiger partial charge in [0.15, 0.2) is 5.82 Å². The highest BCUT2D eigenvalue weighted by molar-refractivity contribution is 6.25. The van der Waals surface area contributed by atoms with Crippen LogP contribution in [-0.2, 0) is 6.54 Å². The lowest BCUT2D eigenvalue weighted by molar-refractivity contribution is 0.626. The number of halogens is 1. The standard InChI is InChI=1S/C19H17FN4/c1-12-8-22-13(2)18(12)14-7-17-19(23-9-14)16(20)11-24(17)10-15-5-3-4-6-21-15/h3-7,9,11H,8,10H2,1-2H3. The van der Waals surface area contributed by atoms with Crippen molar-refractivity contribution >= 4 is 22.3 Å². The fourth-order valence-electron chi connectivity index (χ4n) is 3.22. The van der Waals surface area contributed by atoms with E-state index in [0.717, 1.165) is 34.6 Å². The molecule has 0 radical (unpaired) electrons. The van der Waals surface area contributed by atoms with E-state index < -0.39 is 0 Å². The summed E-state index contributed by atoms with van der Waals surface area (Å²) in [5, 5.41) is 0. The summed E-state index contributed by atoms with van der Waals surface area (Å²) in [5.41, 5.74) is 6.38. The van der Waals surface area contributed by atoms with Gasteiger partial charge in [-0.05, 0) is 37.6 Å². The largest absolute Gasteiger partial charge is 0.337 e. The number of fused-ring (bicyclic) bond motifs is 1. The van der Waals surface area contributed by atoms with Gasteiger partial charge in [0.25, 0.3) is 0 Å². The third-order valence-corrected chi connectivity index (χ3v) is 4.36. The Morgan fingerprint density at radius 1 is 1.21 bits per heavy atom. The maximum atomic E-state index is 14.2. The van der Waals surface area contributed by atoms with E-state index in [1.807, 2.05) is 35.8 Å². The van der Waals surface area contributed by atoms with Crippen molar-refractivity contribution in [1.82, 2.24) is 14.5 Å². The summed E-state index contributed by atoms with van der Waals surface area (Å²) >= 11 is 0. The molecule has 0 spiro atoms. The lowest BCUT2D eigenvalue weighted by Gasteiger charge is -2.08. The minimum absolute atomic E-state index is 0.310. The molecule has 0 aliphatic carbocycles. The molecule has 0 aromatic carbocycles. The predicted octanol–water partition coefficient (Wildman–Crippen LogP) is 3.87. The van der Waals surface area contributed by atoms with Crippen LogP contribution in [-0.4, -0.2) is 26.8 Å². The van der Waals surface area contributed by atoms with E-state index in [1.165, 1.54) is 11.8 Å². The van der Waals surface area contributed by atoms with Gasteiger partial charge < -0.3 is 4.57 Å². The Balaban J connectivity index is 1.83. The average Bonchev–Trinajstić information content (AvgIpc) is 3.08. The topological polar surface area (TPSA) is 43.1 Å². The molecule has 120 valence electrons. The molecule has 0 saturated heterocycles. The Morgan fingerprint density at radius 3 is 2.79 bits per heavy atom. The van der Waals surface area contributed by atoms with Crippen LogP contribution in [0.5, 0.6) is 0 Å². The maximum absolute atomic E-state index is 14.2. The van der Waals surface area contributed by atoms with E-state index >= 15 is 0 Å². The normalized spacial score (nSPS) is 14.5. The third kappa shape index (κ3) is 2.42. The second-order valence-corrected chi connectivity index (χ2v) is 6.07. The van der Waals surface area contributed by atoms with Crippen molar-refractivity contribution in [2.24, 2.45) is 4.99 Å². The molecule has 3 aromatic heterocycles. The number of allylic oxidation sites excluding steroid dienone is 1. The summed E-state index contributed by atoms with van der Waals surface area (Å²) in [6.07, 6.45) is 4.97. The molecule has 0 atom stereocenters. The van der Waals surface area contributed by atoms with Crippen molar-refractivity contribution in [2.75, 3.05) is 6.54 Å². The summed E-state index contributed by atoms with van der Waals surface area (Å²) in [5.74, 6) is -0.310. The van der Waals surface area contributed by atoms with E-state index in [1.54, 1.807) is 12.4 Å². The van der Waals surface area contributed by atoms with Crippen LogP contribution in [0.1, 0.15) is 25.1 Å². The van der Waals surface area contributed by atoms with Crippen molar-refractivity contribution in [3.63, 3.8) is 0 Å². The molecule has 0 bridgehead atoms. The molecule has 3 aromatic rings. The zero-order valence-electron chi connectivity index (χ0n) is 13.6. The van der Waals surface area contributed by atoms with Gasteiger partial charge in [-0.15, -0.1) is 0 Å². The summed E-state index contributed by atoms with van der Waals surface area (Å²) in [6.45, 7) is 5.32. The van der Waals surface area contributed by atoms with Crippen LogP contribution in [0.25, 0.3) is 16.6 Å². The van der Waals surface area contributed by atoms with Crippen molar-refractivity contribution in [3.05, 3.63) is 65.5 Å². The molecule has 0 fully saturated rings. The molecular weight excluding hydrogens is 303 g/mol. The fraction of sp³-hybridized carbons (Fsp3) is 0.211. The summed E-state index contributed by atoms with van der Waals surface area (Å²) < 4.78 is 16.1. The Morgan fingerprint density at radius 2 is 2.08 bits per heavy atom. The van der Waals surface area contributed by atoms with Gasteiger partial charge in [-0.3, -0.25) is 15.0 Å². The van der Waals surface area contributed by atoms with Crippen LogP contribution >= 0.6 is 0 Å². The second kappa shape index (κ2) is 5.67. The number of pyridine rings is 2. The molecule has 4 rings (SSSR count). The first-order valence-corrected chi connectivity index (χ1v) is 7.89. The first kappa shape index (κ1) is 14.8. The van der Waals surface area contributed by atoms with E-state index in [4.69, 9.17) is 0 Å². The van der Waals surface area contributed by atoms with Gasteiger partial charge in [-0.2, -0.15) is 0 Å². The molecular formula is C19H17FN4. The summed E-state index contributed by atoms with van der Waals surface area (Å²) in [4.78, 5) is 13.1. The molecule has 0 N–H and O–H groups in total. The van der Waals surface area contributed by atoms with Gasteiger partial charge in [0.2, 0.25) is 0 Å². The minimum atomic E-state index is -0.310. The molecule has 1 aliphatic rings. The smallest absolute Gasteiger partial charge is 0.167 e. The van der Waals surface area contributed by atoms with Crippen LogP contribution in [0.15, 0.2) is 53.4 Å². The van der Waals surface area contributed by atoms with Crippen molar-refractivity contribution < 1.29 is 4.39 Å². The molecule has 1 aliphatic heterocycles. The number of hydrogen-bond acceptors (Lipinski definition) is 3. The molecule has 4 nitrogen and oxygen atoms in total. The molecule has 4 heterocycles. The fourth-order valence-corrected chi connectivity index (χ4v) is 3.22. The minimum Gasteiger partial charge on any atom is -0.337 e. The quantitative estimate of drug-likeness (QED) is 0.735. The number of aromatic nitrogens is 3. The van der Waals surface area contributed by atoms with Crippen LogP contribution in [0, 0.1) is 5.82 Å². The van der Waals surface area contributed by atoms with Crippen molar-refractivity contribution in [2.45, 2.75) is 20.4 Å². The molecule has 0 amide bonds. The number of hydrogen-bond donors (Lipinski definition) is 0. The van der Waals surface area contributed by atoms with E-state index in [-0.39, 0.29) is 5.82 Å². The van der Waals surface area contributed by atoms with E-state index in [2.05, 4.69) is 21.9 Å². The Labute approximate surface area is 139 Å². The summed E-state index contributed by atoms with van der Waals surface area (Å²) in [6, 6.07) is 7.73. The first-order valence-electron chi connectivity index (χ1n) is 7.89. The van der Waals surface area contributed by atoms with Crippen molar-refractivity contribution in [1.29, 1.82) is 0 Å². The van der Waals surface area contributed by atoms with Gasteiger partial charge in [-0.25, -0.2) is 4.39 Å². The van der Waals surface area contributed by atoms with Gasteiger partial charge in [0.05, 0.1) is 24.3 Å². The summed E-state index contributed by atoms with van der Waals surface area (Å²) in [7, 11) is 0. The first-order chi connectivity index (χ1) is 11.6. The highest BCUT2D eigenvalue weighted by atomic mass is 19.1. The molecule has 0 saturated carbocycles. The third-order valence-electron chi connectivity index (χ3n) is 4.36. The molecule has 24 heavy (non-hydrogen) atoms. The maximum Gasteiger partial charge on any atom is 0.167 e. The number of rotatable bonds is 3. The van der Waals surface area contributed by atoms with E-state index in [9.17, 15) is 4.39 Å². The number of aliphatic imine (C=N–C) groups is 1. The second-order valence-electron chi connectivity index (χ2n) is 6.07. The SMILES string of the molecule is CC1=NCC(C)=C1c1cnc2c(F)cn(Cc3ccccn3)c2c1. The lowest BCUT2D eigenvalue weighted by Crippen LogP contribution is -2.01. The monoisotopic (exact) mass is 320 g/mol. The van der Waals surface area contributed by atoms with E-state index in [0.29, 0.717) is 12.1 Å². The van der Waals surface area contributed by atoms with Crippen LogP contribution in [0.4, 0.5) is 4.39 Å². The van der Waals surface area contributed by atoms with Gasteiger partial charge in [-0.1, -0.05) is 6.07 Å². The Kier molecular flexibility index (Phi) is 3.49. The lowest BCUT2D eigenvalue weighted by atomic mass is 10.0. The van der Waals surface area contributed by atoms with Crippen LogP contribution in [0.3, 0.4) is 0 Å². The number of nitrogens with zero attached hydrogens (tertiary/aromatic N) is 4. The van der Waals surface area contributed by atoms with Gasteiger partial charge >= 0.3 is 0 Å². The van der Waals surface area contributed by atoms with Gasteiger partial charge in [0.1, 0.15) is 5.52 Å². The average molecular weight is 320 g/mol. The highest BCUT2D eigenvalue weighted by Crippen LogP contribution is 2.28. The van der Waals surface area contributed by atoms with Crippen LogP contribution in [0.2, 0.25) is 0 Å². The predicted molar refractivity (Wildman–Crippen MR) is 93.6 cm³/mol.